The van der Waals surface area contributed by atoms with Crippen molar-refractivity contribution in [3.63, 3.8) is 0 Å². The highest BCUT2D eigenvalue weighted by molar-refractivity contribution is 5.78. The maximum atomic E-state index is 2.43. The smallest absolute Gasteiger partial charge is 0.00520 e. The molecule has 1 radical (unpaired) electrons. The van der Waals surface area contributed by atoms with E-state index in [-0.39, 0.29) is 0 Å². The normalized spacial score (nSPS) is 20.0. The third-order valence-electron chi connectivity index (χ3n) is 3.13. The lowest BCUT2D eigenvalue weighted by molar-refractivity contribution is 0.811. The molecule has 0 atom stereocenters. The molecule has 3 rings (SSSR count). The first kappa shape index (κ1) is 7.37. The summed E-state index contributed by atoms with van der Waals surface area (Å²) in [4.78, 5) is 0. The van der Waals surface area contributed by atoms with Crippen LogP contribution in [0.4, 0.5) is 0 Å². The van der Waals surface area contributed by atoms with E-state index in [9.17, 15) is 0 Å². The van der Waals surface area contributed by atoms with E-state index in [4.69, 9.17) is 0 Å². The van der Waals surface area contributed by atoms with Crippen LogP contribution in [0.25, 0.3) is 5.57 Å². The molecule has 0 nitrogen and oxygen atoms in total. The Bertz CT molecular complexity index is 371. The first-order valence-corrected chi connectivity index (χ1v) is 5.08. The van der Waals surface area contributed by atoms with Crippen LogP contribution in [-0.2, 0) is 6.42 Å². The number of hydrogen-bond acceptors (Lipinski definition) is 0. The molecular weight excluding hydrogens is 156 g/mol. The summed E-state index contributed by atoms with van der Waals surface area (Å²) < 4.78 is 0. The minimum absolute atomic E-state index is 1.19. The van der Waals surface area contributed by atoms with E-state index in [1.54, 1.807) is 11.1 Å². The zero-order valence-electron chi connectivity index (χ0n) is 7.72. The van der Waals surface area contributed by atoms with Crippen LogP contribution in [0.2, 0.25) is 0 Å². The van der Waals surface area contributed by atoms with Crippen molar-refractivity contribution >= 4 is 5.57 Å². The zero-order valence-corrected chi connectivity index (χ0v) is 7.72. The van der Waals surface area contributed by atoms with E-state index in [2.05, 4.69) is 30.7 Å². The Labute approximate surface area is 79.3 Å². The van der Waals surface area contributed by atoms with Gasteiger partial charge in [-0.1, -0.05) is 29.8 Å². The maximum absolute atomic E-state index is 2.43. The van der Waals surface area contributed by atoms with Crippen LogP contribution in [-0.4, -0.2) is 0 Å². The zero-order chi connectivity index (χ0) is 8.67. The summed E-state index contributed by atoms with van der Waals surface area (Å²) in [5, 5.41) is 0. The van der Waals surface area contributed by atoms with E-state index in [1.807, 2.05) is 0 Å². The third kappa shape index (κ3) is 1.05. The molecule has 0 aliphatic heterocycles. The van der Waals surface area contributed by atoms with Gasteiger partial charge in [-0.25, -0.2) is 0 Å². The van der Waals surface area contributed by atoms with Gasteiger partial charge in [0.15, 0.2) is 0 Å². The van der Waals surface area contributed by atoms with Crippen molar-refractivity contribution in [1.29, 1.82) is 0 Å². The van der Waals surface area contributed by atoms with E-state index < -0.39 is 0 Å². The van der Waals surface area contributed by atoms with Gasteiger partial charge < -0.3 is 0 Å². The van der Waals surface area contributed by atoms with E-state index in [0.717, 1.165) is 0 Å². The van der Waals surface area contributed by atoms with Crippen LogP contribution < -0.4 is 0 Å². The summed E-state index contributed by atoms with van der Waals surface area (Å²) >= 11 is 0. The fraction of sp³-hybridized carbons (Fsp3) is 0.308. The minimum Gasteiger partial charge on any atom is -0.0619 e. The van der Waals surface area contributed by atoms with Gasteiger partial charge in [-0.15, -0.1) is 0 Å². The third-order valence-corrected chi connectivity index (χ3v) is 3.13. The molecule has 0 aromatic heterocycles. The summed E-state index contributed by atoms with van der Waals surface area (Å²) in [5.41, 5.74) is 6.29. The largest absolute Gasteiger partial charge is 0.0619 e. The van der Waals surface area contributed by atoms with Gasteiger partial charge in [-0.05, 0) is 48.8 Å². The molecule has 2 aliphatic rings. The molecule has 1 aromatic rings. The van der Waals surface area contributed by atoms with Crippen molar-refractivity contribution in [3.8, 4) is 0 Å². The van der Waals surface area contributed by atoms with Crippen LogP contribution in [0.15, 0.2) is 29.8 Å². The fourth-order valence-electron chi connectivity index (χ4n) is 2.50. The van der Waals surface area contributed by atoms with Crippen LogP contribution in [0, 0.1) is 6.42 Å². The molecule has 0 bridgehead atoms. The molecule has 13 heavy (non-hydrogen) atoms. The van der Waals surface area contributed by atoms with E-state index >= 15 is 0 Å². The van der Waals surface area contributed by atoms with Crippen molar-refractivity contribution in [2.45, 2.75) is 25.7 Å². The van der Waals surface area contributed by atoms with Crippen molar-refractivity contribution in [2.24, 2.45) is 0 Å². The predicted octanol–water partition coefficient (Wildman–Crippen LogP) is 3.38. The number of allylic oxidation sites excluding steroid dienone is 2. The molecule has 65 valence electrons. The Morgan fingerprint density at radius 3 is 3.00 bits per heavy atom. The molecule has 0 saturated carbocycles. The second-order valence-electron chi connectivity index (χ2n) is 3.93. The molecule has 2 aliphatic carbocycles. The van der Waals surface area contributed by atoms with Gasteiger partial charge in [0.05, 0.1) is 0 Å². The van der Waals surface area contributed by atoms with Crippen LogP contribution >= 0.6 is 0 Å². The molecule has 0 spiro atoms. The van der Waals surface area contributed by atoms with Gasteiger partial charge in [0.2, 0.25) is 0 Å². The Kier molecular flexibility index (Phi) is 1.55. The first-order valence-electron chi connectivity index (χ1n) is 5.08. The Morgan fingerprint density at radius 1 is 1.08 bits per heavy atom. The molecule has 0 unspecified atom stereocenters. The highest BCUT2D eigenvalue weighted by Crippen LogP contribution is 2.40. The second-order valence-corrected chi connectivity index (χ2v) is 3.93. The molecule has 0 N–H and O–H groups in total. The highest BCUT2D eigenvalue weighted by atomic mass is 14.3. The number of fused-ring (bicyclic) bond motifs is 2. The van der Waals surface area contributed by atoms with E-state index in [1.165, 1.54) is 36.8 Å². The molecule has 1 aromatic carbocycles. The molecule has 0 heterocycles. The van der Waals surface area contributed by atoms with Gasteiger partial charge >= 0.3 is 0 Å². The van der Waals surface area contributed by atoms with Gasteiger partial charge in [0.25, 0.3) is 0 Å². The Balaban J connectivity index is 2.12. The highest BCUT2D eigenvalue weighted by Gasteiger charge is 2.22. The summed E-state index contributed by atoms with van der Waals surface area (Å²) in [5.74, 6) is 0. The summed E-state index contributed by atoms with van der Waals surface area (Å²) in [6, 6.07) is 8.85. The fourth-order valence-corrected chi connectivity index (χ4v) is 2.50. The standard InChI is InChI=1S/C13H13/c1-3-7-12-10(5-1)9-11-6-2-4-8-13(11)12/h1,3,5-7H,2,4,8-9H2. The topological polar surface area (TPSA) is 0 Å². The number of rotatable bonds is 0. The van der Waals surface area contributed by atoms with Gasteiger partial charge in [0, 0.05) is 0 Å². The summed E-state index contributed by atoms with van der Waals surface area (Å²) in [6.45, 7) is 0. The predicted molar refractivity (Wildman–Crippen MR) is 55.2 cm³/mol. The van der Waals surface area contributed by atoms with Crippen LogP contribution in [0.5, 0.6) is 0 Å². The first-order chi connectivity index (χ1) is 6.45. The van der Waals surface area contributed by atoms with Crippen LogP contribution in [0.3, 0.4) is 0 Å². The molecular formula is C13H13. The average molecular weight is 169 g/mol. The van der Waals surface area contributed by atoms with Crippen molar-refractivity contribution < 1.29 is 0 Å². The Hall–Kier alpha value is -1.04. The van der Waals surface area contributed by atoms with Crippen molar-refractivity contribution in [1.82, 2.24) is 0 Å². The molecule has 0 amide bonds. The lowest BCUT2D eigenvalue weighted by atomic mass is 9.92. The van der Waals surface area contributed by atoms with Crippen molar-refractivity contribution in [3.05, 3.63) is 47.4 Å². The molecule has 0 saturated heterocycles. The van der Waals surface area contributed by atoms with Gasteiger partial charge in [-0.3, -0.25) is 0 Å². The average Bonchev–Trinajstić information content (AvgIpc) is 2.56. The quantitative estimate of drug-likeness (QED) is 0.558. The van der Waals surface area contributed by atoms with Gasteiger partial charge in [0.1, 0.15) is 0 Å². The second kappa shape index (κ2) is 2.73. The lowest BCUT2D eigenvalue weighted by Gasteiger charge is -2.13. The maximum Gasteiger partial charge on any atom is -0.00520 e. The SMILES string of the molecule is [CH]1CCCC2=C1Cc1ccccc12. The number of benzene rings is 1. The lowest BCUT2D eigenvalue weighted by Crippen LogP contribution is -1.94. The monoisotopic (exact) mass is 169 g/mol. The number of hydrogen-bond donors (Lipinski definition) is 0. The van der Waals surface area contributed by atoms with Crippen molar-refractivity contribution in [2.75, 3.05) is 0 Å². The molecule has 0 fully saturated rings. The molecule has 0 heteroatoms. The minimum atomic E-state index is 1.19. The Morgan fingerprint density at radius 2 is 2.00 bits per heavy atom. The van der Waals surface area contributed by atoms with E-state index in [0.29, 0.717) is 0 Å². The van der Waals surface area contributed by atoms with Crippen LogP contribution in [0.1, 0.15) is 30.4 Å². The summed E-state index contributed by atoms with van der Waals surface area (Å²) in [7, 11) is 0. The summed E-state index contributed by atoms with van der Waals surface area (Å²) in [6.07, 6.45) is 7.53. The van der Waals surface area contributed by atoms with Gasteiger partial charge in [-0.2, -0.15) is 0 Å².